The number of aliphatic imine (C=N–C) groups is 1. The number of aryl methyl sites for hydroxylation is 1. The predicted molar refractivity (Wildman–Crippen MR) is 120 cm³/mol. The summed E-state index contributed by atoms with van der Waals surface area (Å²) in [6.07, 6.45) is 3.51. The van der Waals surface area contributed by atoms with Gasteiger partial charge in [-0.25, -0.2) is 4.98 Å². The van der Waals surface area contributed by atoms with Crippen LogP contribution in [0.3, 0.4) is 0 Å². The summed E-state index contributed by atoms with van der Waals surface area (Å²) >= 11 is 3.54. The Bertz CT molecular complexity index is 676. The molecule has 0 aromatic carbocycles. The van der Waals surface area contributed by atoms with Crippen LogP contribution in [0.4, 0.5) is 5.13 Å². The highest BCUT2D eigenvalue weighted by Crippen LogP contribution is 2.24. The maximum atomic E-state index is 4.76. The van der Waals surface area contributed by atoms with E-state index in [1.807, 2.05) is 7.05 Å². The Kier molecular flexibility index (Phi) is 8.44. The van der Waals surface area contributed by atoms with Gasteiger partial charge in [-0.1, -0.05) is 0 Å². The number of hydrogen-bond donors (Lipinski definition) is 2. The summed E-state index contributed by atoms with van der Waals surface area (Å²) < 4.78 is 0. The smallest absolute Gasteiger partial charge is 0.191 e. The molecule has 0 aliphatic carbocycles. The first kappa shape index (κ1) is 20.4. The van der Waals surface area contributed by atoms with Crippen LogP contribution in [0.2, 0.25) is 0 Å². The highest BCUT2D eigenvalue weighted by atomic mass is 127. The third-order valence-corrected chi connectivity index (χ3v) is 6.17. The van der Waals surface area contributed by atoms with E-state index >= 15 is 0 Å². The van der Waals surface area contributed by atoms with Crippen molar-refractivity contribution in [3.63, 3.8) is 0 Å². The topological polar surface area (TPSA) is 52.6 Å². The second-order valence-corrected chi connectivity index (χ2v) is 7.78. The average Bonchev–Trinajstić information content (AvgIpc) is 3.32. The number of guanidine groups is 1. The number of anilines is 1. The van der Waals surface area contributed by atoms with Crippen LogP contribution >= 0.6 is 46.7 Å². The summed E-state index contributed by atoms with van der Waals surface area (Å²) in [4.78, 5) is 12.8. The van der Waals surface area contributed by atoms with Crippen LogP contribution in [0.1, 0.15) is 29.0 Å². The lowest BCUT2D eigenvalue weighted by atomic mass is 10.3. The maximum Gasteiger partial charge on any atom is 0.191 e. The standard InChI is InChI=1S/C17H25N5S2.HI/c1-13-6-10-23-15(13)11-20-16(18-2)19-7-5-14-12-24-17(21-14)22-8-3-4-9-22;/h6,10,12H,3-5,7-9,11H2,1-2H3,(H2,18,19,20);1H. The van der Waals surface area contributed by atoms with E-state index in [9.17, 15) is 0 Å². The molecule has 0 spiro atoms. The SMILES string of the molecule is CN=C(NCCc1csc(N2CCCC2)n1)NCc1sccc1C.I. The van der Waals surface area contributed by atoms with Gasteiger partial charge in [0.15, 0.2) is 11.1 Å². The number of halogens is 1. The van der Waals surface area contributed by atoms with Crippen molar-refractivity contribution in [2.24, 2.45) is 4.99 Å². The quantitative estimate of drug-likeness (QED) is 0.368. The first-order valence-electron chi connectivity index (χ1n) is 8.43. The molecule has 1 fully saturated rings. The minimum absolute atomic E-state index is 0. The normalized spacial score (nSPS) is 14.5. The minimum Gasteiger partial charge on any atom is -0.356 e. The summed E-state index contributed by atoms with van der Waals surface area (Å²) in [7, 11) is 1.81. The third kappa shape index (κ3) is 5.82. The van der Waals surface area contributed by atoms with Crippen molar-refractivity contribution in [1.29, 1.82) is 0 Å². The molecule has 0 bridgehead atoms. The third-order valence-electron chi connectivity index (χ3n) is 4.20. The van der Waals surface area contributed by atoms with Crippen molar-refractivity contribution < 1.29 is 0 Å². The lowest BCUT2D eigenvalue weighted by Gasteiger charge is -2.12. The molecule has 3 rings (SSSR count). The van der Waals surface area contributed by atoms with E-state index in [4.69, 9.17) is 4.98 Å². The monoisotopic (exact) mass is 491 g/mol. The van der Waals surface area contributed by atoms with Gasteiger partial charge in [-0.2, -0.15) is 0 Å². The van der Waals surface area contributed by atoms with E-state index in [-0.39, 0.29) is 24.0 Å². The van der Waals surface area contributed by atoms with Crippen molar-refractivity contribution in [3.8, 4) is 0 Å². The molecule has 5 nitrogen and oxygen atoms in total. The van der Waals surface area contributed by atoms with E-state index in [0.717, 1.165) is 38.6 Å². The van der Waals surface area contributed by atoms with Crippen molar-refractivity contribution in [2.45, 2.75) is 32.7 Å². The number of thiazole rings is 1. The van der Waals surface area contributed by atoms with Crippen LogP contribution in [0.25, 0.3) is 0 Å². The van der Waals surface area contributed by atoms with Gasteiger partial charge in [0, 0.05) is 43.4 Å². The second-order valence-electron chi connectivity index (χ2n) is 5.94. The summed E-state index contributed by atoms with van der Waals surface area (Å²) in [5, 5.41) is 12.2. The fraction of sp³-hybridized carbons (Fsp3) is 0.529. The molecule has 8 heteroatoms. The van der Waals surface area contributed by atoms with Gasteiger partial charge in [0.25, 0.3) is 0 Å². The van der Waals surface area contributed by atoms with Gasteiger partial charge in [-0.15, -0.1) is 46.7 Å². The zero-order valence-corrected chi connectivity index (χ0v) is 18.7. The van der Waals surface area contributed by atoms with Crippen LogP contribution in [-0.2, 0) is 13.0 Å². The van der Waals surface area contributed by atoms with Crippen LogP contribution in [-0.4, -0.2) is 37.6 Å². The van der Waals surface area contributed by atoms with Gasteiger partial charge in [-0.05, 0) is 36.8 Å². The maximum absolute atomic E-state index is 4.76. The Morgan fingerprint density at radius 2 is 2.08 bits per heavy atom. The zero-order valence-electron chi connectivity index (χ0n) is 14.7. The molecule has 0 radical (unpaired) electrons. The van der Waals surface area contributed by atoms with Crippen LogP contribution in [0, 0.1) is 6.92 Å². The summed E-state index contributed by atoms with van der Waals surface area (Å²) in [5.41, 5.74) is 2.50. The van der Waals surface area contributed by atoms with E-state index in [2.05, 4.69) is 44.3 Å². The van der Waals surface area contributed by atoms with Crippen LogP contribution in [0.5, 0.6) is 0 Å². The van der Waals surface area contributed by atoms with E-state index in [1.165, 1.54) is 34.1 Å². The Labute approximate surface area is 175 Å². The van der Waals surface area contributed by atoms with E-state index < -0.39 is 0 Å². The molecule has 1 aliphatic rings. The van der Waals surface area contributed by atoms with Crippen LogP contribution < -0.4 is 15.5 Å². The van der Waals surface area contributed by atoms with Crippen molar-refractivity contribution >= 4 is 57.7 Å². The summed E-state index contributed by atoms with van der Waals surface area (Å²) in [6, 6.07) is 2.15. The van der Waals surface area contributed by atoms with Gasteiger partial charge >= 0.3 is 0 Å². The van der Waals surface area contributed by atoms with Crippen LogP contribution in [0.15, 0.2) is 21.8 Å². The summed E-state index contributed by atoms with van der Waals surface area (Å²) in [6.45, 7) is 6.11. The van der Waals surface area contributed by atoms with Crippen molar-refractivity contribution in [2.75, 3.05) is 31.6 Å². The molecule has 1 aliphatic heterocycles. The predicted octanol–water partition coefficient (Wildman–Crippen LogP) is 3.64. The molecule has 3 heterocycles. The molecule has 0 unspecified atom stereocenters. The Morgan fingerprint density at radius 3 is 2.76 bits per heavy atom. The summed E-state index contributed by atoms with van der Waals surface area (Å²) in [5.74, 6) is 0.845. The highest BCUT2D eigenvalue weighted by Gasteiger charge is 2.15. The molecule has 0 amide bonds. The molecule has 138 valence electrons. The van der Waals surface area contributed by atoms with Crippen molar-refractivity contribution in [3.05, 3.63) is 33.0 Å². The first-order valence-corrected chi connectivity index (χ1v) is 10.2. The fourth-order valence-electron chi connectivity index (χ4n) is 2.74. The van der Waals surface area contributed by atoms with Crippen molar-refractivity contribution in [1.82, 2.24) is 15.6 Å². The molecule has 0 saturated carbocycles. The largest absolute Gasteiger partial charge is 0.356 e. The van der Waals surface area contributed by atoms with Gasteiger partial charge in [0.05, 0.1) is 12.2 Å². The molecule has 2 aromatic rings. The molecule has 25 heavy (non-hydrogen) atoms. The molecule has 0 atom stereocenters. The zero-order chi connectivity index (χ0) is 16.8. The Balaban J connectivity index is 0.00000225. The number of aromatic nitrogens is 1. The molecule has 2 N–H and O–H groups in total. The number of hydrogen-bond acceptors (Lipinski definition) is 5. The Hall–Kier alpha value is -0.870. The van der Waals surface area contributed by atoms with Gasteiger partial charge in [0.2, 0.25) is 0 Å². The number of nitrogens with one attached hydrogen (secondary N) is 2. The number of nitrogens with zero attached hydrogens (tertiary/aromatic N) is 3. The van der Waals surface area contributed by atoms with Gasteiger partial charge in [-0.3, -0.25) is 4.99 Å². The fourth-order valence-corrected chi connectivity index (χ4v) is 4.50. The second kappa shape index (κ2) is 10.3. The Morgan fingerprint density at radius 1 is 1.28 bits per heavy atom. The molecule has 2 aromatic heterocycles. The number of thiophene rings is 1. The van der Waals surface area contributed by atoms with Gasteiger partial charge < -0.3 is 15.5 Å². The van der Waals surface area contributed by atoms with E-state index in [1.54, 1.807) is 22.7 Å². The molecular formula is C17H26IN5S2. The molecule has 1 saturated heterocycles. The number of rotatable bonds is 6. The highest BCUT2D eigenvalue weighted by molar-refractivity contribution is 14.0. The minimum atomic E-state index is 0. The van der Waals surface area contributed by atoms with Gasteiger partial charge in [0.1, 0.15) is 0 Å². The molecular weight excluding hydrogens is 465 g/mol. The lowest BCUT2D eigenvalue weighted by Crippen LogP contribution is -2.37. The van der Waals surface area contributed by atoms with E-state index in [0.29, 0.717) is 0 Å². The average molecular weight is 491 g/mol. The lowest BCUT2D eigenvalue weighted by molar-refractivity contribution is 0.788. The first-order chi connectivity index (χ1) is 11.8.